The first-order valence-electron chi connectivity index (χ1n) is 11.0. The second-order valence-corrected chi connectivity index (χ2v) is 11.4. The number of benzene rings is 1. The highest BCUT2D eigenvalue weighted by Crippen LogP contribution is 2.23. The topological polar surface area (TPSA) is 97.1 Å². The number of piperidine rings is 1. The van der Waals surface area contributed by atoms with E-state index in [1.807, 2.05) is 20.8 Å². The Hall–Kier alpha value is -2.81. The van der Waals surface area contributed by atoms with E-state index in [2.05, 4.69) is 0 Å². The predicted octanol–water partition coefficient (Wildman–Crippen LogP) is 3.97. The maximum atomic E-state index is 13.0. The monoisotopic (exact) mass is 476 g/mol. The number of likely N-dealkylation sites (tertiary alicyclic amines) is 1. The number of ether oxygens (including phenoxy) is 1. The minimum absolute atomic E-state index is 0.119. The van der Waals surface area contributed by atoms with Crippen molar-refractivity contribution in [1.29, 1.82) is 0 Å². The van der Waals surface area contributed by atoms with Crippen molar-refractivity contribution >= 4 is 21.8 Å². The molecule has 1 saturated heterocycles. The minimum Gasteiger partial charge on any atom is -0.455 e. The molecule has 3 rings (SSSR count). The van der Waals surface area contributed by atoms with Crippen molar-refractivity contribution in [2.24, 2.45) is 5.92 Å². The van der Waals surface area contributed by atoms with Gasteiger partial charge in [-0.05, 0) is 63.8 Å². The maximum Gasteiger partial charge on any atom is 0.410 e. The molecule has 2 amide bonds. The van der Waals surface area contributed by atoms with Gasteiger partial charge >= 0.3 is 6.09 Å². The van der Waals surface area contributed by atoms with Crippen LogP contribution >= 0.6 is 0 Å². The molecule has 1 aliphatic rings. The number of hydrogen-bond donors (Lipinski definition) is 0. The average Bonchev–Trinajstić information content (AvgIpc) is 3.20. The quantitative estimate of drug-likeness (QED) is 0.626. The van der Waals surface area contributed by atoms with E-state index in [0.717, 1.165) is 12.8 Å². The Bertz CT molecular complexity index is 1070. The summed E-state index contributed by atoms with van der Waals surface area (Å²) in [6.45, 7) is 7.03. The van der Waals surface area contributed by atoms with E-state index in [1.165, 1.54) is 24.3 Å². The Morgan fingerprint density at radius 2 is 1.85 bits per heavy atom. The molecular formula is C24H32N2O6S. The molecule has 1 fully saturated rings. The van der Waals surface area contributed by atoms with E-state index in [4.69, 9.17) is 9.15 Å². The van der Waals surface area contributed by atoms with Crippen LogP contribution < -0.4 is 0 Å². The third-order valence-electron chi connectivity index (χ3n) is 5.35. The number of carbonyl (C=O) groups excluding carboxylic acids is 2. The van der Waals surface area contributed by atoms with E-state index in [1.54, 1.807) is 35.0 Å². The first-order valence-corrected chi connectivity index (χ1v) is 12.7. The lowest BCUT2D eigenvalue weighted by molar-refractivity contribution is 0.0242. The summed E-state index contributed by atoms with van der Waals surface area (Å²) in [4.78, 5) is 28.7. The zero-order valence-electron chi connectivity index (χ0n) is 19.6. The van der Waals surface area contributed by atoms with E-state index in [9.17, 15) is 18.0 Å². The zero-order chi connectivity index (χ0) is 24.2. The number of sulfone groups is 1. The lowest BCUT2D eigenvalue weighted by Crippen LogP contribution is -2.44. The molecule has 1 atom stereocenters. The second-order valence-electron chi connectivity index (χ2n) is 9.46. The molecule has 0 N–H and O–H groups in total. The number of nitrogens with zero attached hydrogens (tertiary/aromatic N) is 2. The molecule has 9 heteroatoms. The molecule has 1 aliphatic heterocycles. The summed E-state index contributed by atoms with van der Waals surface area (Å²) in [7, 11) is -1.87. The van der Waals surface area contributed by atoms with Gasteiger partial charge in [-0.15, -0.1) is 0 Å². The van der Waals surface area contributed by atoms with E-state index >= 15 is 0 Å². The summed E-state index contributed by atoms with van der Waals surface area (Å²) in [6.07, 6.45) is 1.32. The Kier molecular flexibility index (Phi) is 7.51. The van der Waals surface area contributed by atoms with Crippen LogP contribution in [-0.4, -0.2) is 62.5 Å². The van der Waals surface area contributed by atoms with Gasteiger partial charge in [0.05, 0.1) is 4.90 Å². The average molecular weight is 477 g/mol. The predicted molar refractivity (Wildman–Crippen MR) is 124 cm³/mol. The maximum absolute atomic E-state index is 13.0. The standard InChI is InChI=1S/C24H32N2O6S/c1-24(2,3)32-23(28)25(4)15-18-9-8-14-26(16-18)22(27)21-13-12-19(31-21)17-33(29,30)20-10-6-5-7-11-20/h5-7,10-13,18H,8-9,14-17H2,1-4H3. The Morgan fingerprint density at radius 3 is 2.52 bits per heavy atom. The van der Waals surface area contributed by atoms with Crippen molar-refractivity contribution in [3.63, 3.8) is 0 Å². The fourth-order valence-electron chi connectivity index (χ4n) is 3.82. The van der Waals surface area contributed by atoms with Crippen molar-refractivity contribution in [2.45, 2.75) is 49.9 Å². The van der Waals surface area contributed by atoms with Gasteiger partial charge in [-0.2, -0.15) is 0 Å². The fraction of sp³-hybridized carbons (Fsp3) is 0.500. The van der Waals surface area contributed by atoms with Crippen LogP contribution in [0.5, 0.6) is 0 Å². The van der Waals surface area contributed by atoms with Gasteiger partial charge in [0, 0.05) is 26.7 Å². The first-order chi connectivity index (χ1) is 15.4. The highest BCUT2D eigenvalue weighted by atomic mass is 32.2. The van der Waals surface area contributed by atoms with Crippen LogP contribution in [0.4, 0.5) is 4.79 Å². The zero-order valence-corrected chi connectivity index (χ0v) is 20.4. The minimum atomic E-state index is -3.56. The molecule has 8 nitrogen and oxygen atoms in total. The molecule has 1 aromatic heterocycles. The van der Waals surface area contributed by atoms with Crippen LogP contribution in [-0.2, 0) is 20.3 Å². The highest BCUT2D eigenvalue weighted by molar-refractivity contribution is 7.90. The summed E-state index contributed by atoms with van der Waals surface area (Å²) in [5.41, 5.74) is -0.565. The van der Waals surface area contributed by atoms with Crippen LogP contribution in [0.3, 0.4) is 0 Å². The number of rotatable bonds is 6. The number of hydrogen-bond acceptors (Lipinski definition) is 6. The van der Waals surface area contributed by atoms with Crippen molar-refractivity contribution in [2.75, 3.05) is 26.7 Å². The van der Waals surface area contributed by atoms with Gasteiger partial charge in [-0.3, -0.25) is 4.79 Å². The van der Waals surface area contributed by atoms with E-state index in [0.29, 0.717) is 19.6 Å². The van der Waals surface area contributed by atoms with E-state index in [-0.39, 0.29) is 40.1 Å². The van der Waals surface area contributed by atoms with E-state index < -0.39 is 15.4 Å². The number of furan rings is 1. The van der Waals surface area contributed by atoms with Gasteiger partial charge in [0.1, 0.15) is 17.1 Å². The van der Waals surface area contributed by atoms with Gasteiger partial charge in [-0.25, -0.2) is 13.2 Å². The Morgan fingerprint density at radius 1 is 1.15 bits per heavy atom. The molecule has 2 heterocycles. The smallest absolute Gasteiger partial charge is 0.410 e. The SMILES string of the molecule is CN(CC1CCCN(C(=O)c2ccc(CS(=O)(=O)c3ccccc3)o2)C1)C(=O)OC(C)(C)C. The van der Waals surface area contributed by atoms with Gasteiger partial charge in [-0.1, -0.05) is 18.2 Å². The lowest BCUT2D eigenvalue weighted by atomic mass is 9.97. The van der Waals surface area contributed by atoms with Crippen LogP contribution in [0, 0.1) is 5.92 Å². The summed E-state index contributed by atoms with van der Waals surface area (Å²) < 4.78 is 36.2. The molecule has 180 valence electrons. The van der Waals surface area contributed by atoms with Crippen LogP contribution in [0.15, 0.2) is 51.8 Å². The van der Waals surface area contributed by atoms with Crippen LogP contribution in [0.1, 0.15) is 49.9 Å². The summed E-state index contributed by atoms with van der Waals surface area (Å²) in [5, 5.41) is 0. The summed E-state index contributed by atoms with van der Waals surface area (Å²) >= 11 is 0. The fourth-order valence-corrected chi connectivity index (χ4v) is 5.09. The highest BCUT2D eigenvalue weighted by Gasteiger charge is 2.29. The summed E-state index contributed by atoms with van der Waals surface area (Å²) in [6, 6.07) is 11.2. The van der Waals surface area contributed by atoms with Crippen LogP contribution in [0.2, 0.25) is 0 Å². The van der Waals surface area contributed by atoms with Gasteiger partial charge < -0.3 is 19.0 Å². The van der Waals surface area contributed by atoms with Gasteiger partial charge in [0.2, 0.25) is 0 Å². The van der Waals surface area contributed by atoms with Gasteiger partial charge in [0.25, 0.3) is 5.91 Å². The van der Waals surface area contributed by atoms with Crippen molar-refractivity contribution < 1.29 is 27.2 Å². The normalized spacial score (nSPS) is 17.0. The Balaban J connectivity index is 1.60. The van der Waals surface area contributed by atoms with Crippen molar-refractivity contribution in [3.8, 4) is 0 Å². The molecule has 0 bridgehead atoms. The molecule has 33 heavy (non-hydrogen) atoms. The number of amides is 2. The molecule has 1 aromatic carbocycles. The third-order valence-corrected chi connectivity index (χ3v) is 7.01. The molecule has 0 spiro atoms. The second kappa shape index (κ2) is 9.99. The third kappa shape index (κ3) is 6.83. The molecular weight excluding hydrogens is 444 g/mol. The molecule has 0 aliphatic carbocycles. The molecule has 0 saturated carbocycles. The van der Waals surface area contributed by atoms with Crippen molar-refractivity contribution in [1.82, 2.24) is 9.80 Å². The summed E-state index contributed by atoms with van der Waals surface area (Å²) in [5.74, 6) is -0.126. The Labute approximate surface area is 195 Å². The van der Waals surface area contributed by atoms with Gasteiger partial charge in [0.15, 0.2) is 15.6 Å². The first kappa shape index (κ1) is 24.8. The molecule has 0 radical (unpaired) electrons. The van der Waals surface area contributed by atoms with Crippen LogP contribution in [0.25, 0.3) is 0 Å². The lowest BCUT2D eigenvalue weighted by Gasteiger charge is -2.34. The molecule has 2 aromatic rings. The van der Waals surface area contributed by atoms with Crippen molar-refractivity contribution in [3.05, 3.63) is 54.0 Å². The largest absolute Gasteiger partial charge is 0.455 e. The number of carbonyl (C=O) groups is 2. The molecule has 1 unspecified atom stereocenters.